The normalized spacial score (nSPS) is 28.2. The monoisotopic (exact) mass is 363 g/mol. The first-order valence-corrected chi connectivity index (χ1v) is 8.09. The smallest absolute Gasteiger partial charge is 0.432 e. The zero-order valence-electron chi connectivity index (χ0n) is 12.8. The molecule has 9 heteroatoms. The van der Waals surface area contributed by atoms with Gasteiger partial charge in [-0.3, -0.25) is 14.7 Å². The molecule has 0 bridgehead atoms. The van der Waals surface area contributed by atoms with Crippen LogP contribution < -0.4 is 0 Å². The highest BCUT2D eigenvalue weighted by molar-refractivity contribution is 6.29. The molecule has 0 aromatic heterocycles. The number of carbonyl (C=O) groups is 1. The van der Waals surface area contributed by atoms with Gasteiger partial charge in [-0.2, -0.15) is 18.3 Å². The van der Waals surface area contributed by atoms with Crippen LogP contribution in [0.1, 0.15) is 19.3 Å². The molecular formula is C15H17ClF3N3O2. The first kappa shape index (κ1) is 17.3. The summed E-state index contributed by atoms with van der Waals surface area (Å²) < 4.78 is 39.5. The number of carboxylic acid groups (broad SMARTS) is 1. The van der Waals surface area contributed by atoms with Gasteiger partial charge < -0.3 is 5.11 Å². The number of alkyl halides is 3. The lowest BCUT2D eigenvalue weighted by atomic mass is 9.96. The summed E-state index contributed by atoms with van der Waals surface area (Å²) in [6, 6.07) is 0. The Morgan fingerprint density at radius 1 is 1.42 bits per heavy atom. The molecule has 2 heterocycles. The summed E-state index contributed by atoms with van der Waals surface area (Å²) in [6.45, 7) is 1.20. The second kappa shape index (κ2) is 6.40. The zero-order valence-corrected chi connectivity index (χ0v) is 13.5. The summed E-state index contributed by atoms with van der Waals surface area (Å²) in [7, 11) is 0. The largest absolute Gasteiger partial charge is 0.481 e. The van der Waals surface area contributed by atoms with Crippen LogP contribution in [0.5, 0.6) is 0 Å². The Kier molecular flexibility index (Phi) is 4.61. The third kappa shape index (κ3) is 3.30. The van der Waals surface area contributed by atoms with Crippen LogP contribution in [0.3, 0.4) is 0 Å². The maximum atomic E-state index is 13.2. The van der Waals surface area contributed by atoms with Gasteiger partial charge in [0.25, 0.3) is 0 Å². The van der Waals surface area contributed by atoms with Crippen molar-refractivity contribution in [2.75, 3.05) is 19.6 Å². The molecule has 24 heavy (non-hydrogen) atoms. The quantitative estimate of drug-likeness (QED) is 0.837. The van der Waals surface area contributed by atoms with E-state index >= 15 is 0 Å². The van der Waals surface area contributed by atoms with Crippen molar-refractivity contribution in [2.24, 2.45) is 11.0 Å². The predicted octanol–water partition coefficient (Wildman–Crippen LogP) is 2.80. The van der Waals surface area contributed by atoms with Crippen molar-refractivity contribution in [3.8, 4) is 0 Å². The Morgan fingerprint density at radius 3 is 2.79 bits per heavy atom. The molecule has 2 unspecified atom stereocenters. The highest BCUT2D eigenvalue weighted by Crippen LogP contribution is 2.36. The van der Waals surface area contributed by atoms with Gasteiger partial charge in [-0.25, -0.2) is 0 Å². The van der Waals surface area contributed by atoms with Gasteiger partial charge in [0, 0.05) is 24.7 Å². The molecule has 132 valence electrons. The van der Waals surface area contributed by atoms with Crippen LogP contribution in [0.2, 0.25) is 0 Å². The van der Waals surface area contributed by atoms with E-state index in [1.165, 1.54) is 5.01 Å². The first-order chi connectivity index (χ1) is 11.3. The highest BCUT2D eigenvalue weighted by atomic mass is 35.5. The van der Waals surface area contributed by atoms with Gasteiger partial charge in [-0.1, -0.05) is 17.7 Å². The molecule has 0 aromatic carbocycles. The fourth-order valence-corrected chi connectivity index (χ4v) is 3.69. The van der Waals surface area contributed by atoms with Crippen molar-refractivity contribution in [1.82, 2.24) is 9.91 Å². The number of aliphatic carboxylic acids is 1. The van der Waals surface area contributed by atoms with Gasteiger partial charge in [-0.05, 0) is 30.9 Å². The van der Waals surface area contributed by atoms with Gasteiger partial charge in [0.05, 0.1) is 0 Å². The SMILES string of the molecule is O=C(O)C1C(C(F)(F)F)=NN2CCCN(CC3=CCCC(Cl)=C3)C12. The van der Waals surface area contributed by atoms with Crippen LogP contribution >= 0.6 is 11.6 Å². The summed E-state index contributed by atoms with van der Waals surface area (Å²) in [4.78, 5) is 13.3. The maximum absolute atomic E-state index is 13.2. The van der Waals surface area contributed by atoms with Crippen LogP contribution in [0.4, 0.5) is 13.2 Å². The Labute approximate surface area is 142 Å². The van der Waals surface area contributed by atoms with Crippen LogP contribution in [0, 0.1) is 5.92 Å². The molecule has 3 rings (SSSR count). The number of halogens is 4. The number of hydrogen-bond donors (Lipinski definition) is 1. The third-order valence-electron chi connectivity index (χ3n) is 4.41. The number of fused-ring (bicyclic) bond motifs is 1. The number of hydrazone groups is 1. The molecule has 0 amide bonds. The second-order valence-corrected chi connectivity index (χ2v) is 6.59. The number of hydrogen-bond acceptors (Lipinski definition) is 4. The third-order valence-corrected chi connectivity index (χ3v) is 4.71. The molecule has 1 aliphatic carbocycles. The van der Waals surface area contributed by atoms with Crippen LogP contribution in [0.25, 0.3) is 0 Å². The zero-order chi connectivity index (χ0) is 17.5. The summed E-state index contributed by atoms with van der Waals surface area (Å²) in [5.74, 6) is -3.20. The van der Waals surface area contributed by atoms with E-state index in [9.17, 15) is 23.1 Å². The molecular weight excluding hydrogens is 347 g/mol. The standard InChI is InChI=1S/C15H17ClF3N3O2/c16-10-4-1-3-9(7-10)8-21-5-2-6-22-13(21)11(14(23)24)12(20-22)15(17,18)19/h3,7,11,13H,1-2,4-6,8H2,(H,23,24). The molecule has 1 N–H and O–H groups in total. The number of nitrogens with zero attached hydrogens (tertiary/aromatic N) is 3. The summed E-state index contributed by atoms with van der Waals surface area (Å²) in [6.07, 6.45) is 0.283. The molecule has 3 aliphatic rings. The van der Waals surface area contributed by atoms with Crippen LogP contribution in [-0.2, 0) is 4.79 Å². The molecule has 0 aromatic rings. The average Bonchev–Trinajstić information content (AvgIpc) is 2.88. The fraction of sp³-hybridized carbons (Fsp3) is 0.600. The van der Waals surface area contributed by atoms with E-state index < -0.39 is 29.9 Å². The minimum absolute atomic E-state index is 0.320. The van der Waals surface area contributed by atoms with Crippen molar-refractivity contribution in [3.05, 3.63) is 22.8 Å². The van der Waals surface area contributed by atoms with Crippen molar-refractivity contribution in [1.29, 1.82) is 0 Å². The molecule has 1 saturated heterocycles. The Morgan fingerprint density at radius 2 is 2.17 bits per heavy atom. The van der Waals surface area contributed by atoms with E-state index in [1.807, 2.05) is 6.08 Å². The lowest BCUT2D eigenvalue weighted by Gasteiger charge is -2.41. The van der Waals surface area contributed by atoms with Crippen molar-refractivity contribution >= 4 is 23.3 Å². The predicted molar refractivity (Wildman–Crippen MR) is 82.6 cm³/mol. The molecule has 0 radical (unpaired) electrons. The number of allylic oxidation sites excluding steroid dienone is 2. The summed E-state index contributed by atoms with van der Waals surface area (Å²) in [5, 5.41) is 14.9. The van der Waals surface area contributed by atoms with E-state index in [-0.39, 0.29) is 0 Å². The minimum atomic E-state index is -4.75. The Hall–Kier alpha value is -1.54. The van der Waals surface area contributed by atoms with E-state index in [4.69, 9.17) is 11.6 Å². The van der Waals surface area contributed by atoms with Crippen molar-refractivity contribution in [2.45, 2.75) is 31.6 Å². The molecule has 0 spiro atoms. The van der Waals surface area contributed by atoms with E-state index in [1.54, 1.807) is 11.0 Å². The second-order valence-electron chi connectivity index (χ2n) is 6.11. The average molecular weight is 364 g/mol. The molecule has 5 nitrogen and oxygen atoms in total. The lowest BCUT2D eigenvalue weighted by molar-refractivity contribution is -0.145. The van der Waals surface area contributed by atoms with Gasteiger partial charge in [0.1, 0.15) is 12.1 Å². The van der Waals surface area contributed by atoms with Gasteiger partial charge >= 0.3 is 12.1 Å². The Balaban J connectivity index is 1.86. The summed E-state index contributed by atoms with van der Waals surface area (Å²) >= 11 is 6.03. The lowest BCUT2D eigenvalue weighted by Crippen LogP contribution is -2.56. The van der Waals surface area contributed by atoms with Crippen LogP contribution in [0.15, 0.2) is 27.9 Å². The van der Waals surface area contributed by atoms with Crippen molar-refractivity contribution < 1.29 is 23.1 Å². The van der Waals surface area contributed by atoms with Gasteiger partial charge in [-0.15, -0.1) is 0 Å². The molecule has 0 saturated carbocycles. The van der Waals surface area contributed by atoms with Gasteiger partial charge in [0.2, 0.25) is 0 Å². The minimum Gasteiger partial charge on any atom is -0.481 e. The number of carboxylic acids is 1. The molecule has 1 fully saturated rings. The van der Waals surface area contributed by atoms with Crippen LogP contribution in [-0.4, -0.2) is 58.7 Å². The summed E-state index contributed by atoms with van der Waals surface area (Å²) in [5.41, 5.74) is -0.323. The molecule has 2 aliphatic heterocycles. The first-order valence-electron chi connectivity index (χ1n) is 7.71. The number of rotatable bonds is 3. The van der Waals surface area contributed by atoms with Crippen molar-refractivity contribution in [3.63, 3.8) is 0 Å². The van der Waals surface area contributed by atoms with E-state index in [0.717, 1.165) is 18.4 Å². The highest BCUT2D eigenvalue weighted by Gasteiger charge is 2.55. The van der Waals surface area contributed by atoms with E-state index in [2.05, 4.69) is 5.10 Å². The topological polar surface area (TPSA) is 56.1 Å². The molecule has 2 atom stereocenters. The van der Waals surface area contributed by atoms with E-state index in [0.29, 0.717) is 31.1 Å². The van der Waals surface area contributed by atoms with Gasteiger partial charge in [0.15, 0.2) is 5.71 Å². The maximum Gasteiger partial charge on any atom is 0.432 e. The Bertz CT molecular complexity index is 630. The fourth-order valence-electron chi connectivity index (χ4n) is 3.45.